The number of rotatable bonds is 8. The maximum Gasteiger partial charge on any atom is 0.132 e. The SMILES string of the molecule is CCCCCC(C)C(C)c1cc(O)c2c(c1)OC(C)CC2=NCC(C)O. The summed E-state index contributed by atoms with van der Waals surface area (Å²) in [6.45, 7) is 10.8. The van der Waals surface area contributed by atoms with Crippen LogP contribution in [-0.2, 0) is 0 Å². The summed E-state index contributed by atoms with van der Waals surface area (Å²) in [5, 5.41) is 20.2. The van der Waals surface area contributed by atoms with Crippen LogP contribution in [0.25, 0.3) is 0 Å². The molecule has 4 heteroatoms. The van der Waals surface area contributed by atoms with Crippen molar-refractivity contribution >= 4 is 5.71 Å². The van der Waals surface area contributed by atoms with Gasteiger partial charge in [-0.1, -0.05) is 46.5 Å². The third-order valence-electron chi connectivity index (χ3n) is 5.39. The maximum atomic E-state index is 10.7. The van der Waals surface area contributed by atoms with Crippen LogP contribution >= 0.6 is 0 Å². The fourth-order valence-electron chi connectivity index (χ4n) is 3.58. The quantitative estimate of drug-likeness (QED) is 0.637. The predicted molar refractivity (Wildman–Crippen MR) is 108 cm³/mol. The molecule has 4 unspecified atom stereocenters. The van der Waals surface area contributed by atoms with Gasteiger partial charge in [-0.3, -0.25) is 4.99 Å². The molecule has 2 rings (SSSR count). The van der Waals surface area contributed by atoms with Crippen LogP contribution in [0.1, 0.15) is 83.8 Å². The van der Waals surface area contributed by atoms with Crippen molar-refractivity contribution in [2.45, 2.75) is 84.8 Å². The first-order chi connectivity index (χ1) is 12.3. The van der Waals surface area contributed by atoms with E-state index in [1.54, 1.807) is 6.92 Å². The third kappa shape index (κ3) is 5.23. The molecule has 2 N–H and O–H groups in total. The van der Waals surface area contributed by atoms with Crippen molar-refractivity contribution in [3.8, 4) is 11.5 Å². The monoisotopic (exact) mass is 361 g/mol. The molecule has 1 heterocycles. The van der Waals surface area contributed by atoms with E-state index >= 15 is 0 Å². The Kier molecular flexibility index (Phi) is 7.51. The molecular weight excluding hydrogens is 326 g/mol. The Morgan fingerprint density at radius 1 is 1.23 bits per heavy atom. The topological polar surface area (TPSA) is 62.0 Å². The number of hydrogen-bond donors (Lipinski definition) is 2. The highest BCUT2D eigenvalue weighted by Gasteiger charge is 2.27. The van der Waals surface area contributed by atoms with E-state index in [-0.39, 0.29) is 11.9 Å². The van der Waals surface area contributed by atoms with Crippen molar-refractivity contribution < 1.29 is 14.9 Å². The van der Waals surface area contributed by atoms with E-state index < -0.39 is 6.10 Å². The number of aliphatic imine (C=N–C) groups is 1. The van der Waals surface area contributed by atoms with Gasteiger partial charge in [0.05, 0.1) is 23.9 Å². The summed E-state index contributed by atoms with van der Waals surface area (Å²) < 4.78 is 6.02. The molecule has 0 aromatic heterocycles. The van der Waals surface area contributed by atoms with Gasteiger partial charge in [-0.25, -0.2) is 0 Å². The molecule has 0 aliphatic carbocycles. The van der Waals surface area contributed by atoms with Gasteiger partial charge in [-0.2, -0.15) is 0 Å². The number of aliphatic hydroxyl groups excluding tert-OH is 1. The van der Waals surface area contributed by atoms with Crippen molar-refractivity contribution in [1.82, 2.24) is 0 Å². The summed E-state index contributed by atoms with van der Waals surface area (Å²) in [4.78, 5) is 4.52. The molecule has 0 radical (unpaired) electrons. The molecule has 0 fully saturated rings. The lowest BCUT2D eigenvalue weighted by molar-refractivity contribution is 0.202. The van der Waals surface area contributed by atoms with Crippen LogP contribution in [0, 0.1) is 5.92 Å². The standard InChI is InChI=1S/C22H35NO3/c1-6-7-8-9-14(2)17(5)18-11-20(25)22-19(23-13-15(3)24)10-16(4)26-21(22)12-18/h11-12,14-17,24-25H,6-10,13H2,1-5H3. The Labute approximate surface area is 158 Å². The number of ether oxygens (including phenoxy) is 1. The molecule has 0 bridgehead atoms. The first kappa shape index (κ1) is 20.8. The third-order valence-corrected chi connectivity index (χ3v) is 5.39. The Morgan fingerprint density at radius 3 is 2.62 bits per heavy atom. The van der Waals surface area contributed by atoms with Gasteiger partial charge in [-0.05, 0) is 43.4 Å². The number of benzene rings is 1. The summed E-state index contributed by atoms with van der Waals surface area (Å²) in [7, 11) is 0. The molecule has 1 aromatic rings. The van der Waals surface area contributed by atoms with Crippen molar-refractivity contribution in [2.75, 3.05) is 6.54 Å². The van der Waals surface area contributed by atoms with Crippen LogP contribution < -0.4 is 4.74 Å². The Morgan fingerprint density at radius 2 is 1.96 bits per heavy atom. The van der Waals surface area contributed by atoms with Crippen LogP contribution in [0.2, 0.25) is 0 Å². The van der Waals surface area contributed by atoms with Crippen LogP contribution in [0.4, 0.5) is 0 Å². The van der Waals surface area contributed by atoms with E-state index in [0.29, 0.717) is 30.4 Å². The zero-order chi connectivity index (χ0) is 19.3. The minimum absolute atomic E-state index is 0.0159. The fraction of sp³-hybridized carbons (Fsp3) is 0.682. The molecule has 0 spiro atoms. The normalized spacial score (nSPS) is 21.8. The molecule has 4 atom stereocenters. The van der Waals surface area contributed by atoms with Crippen LogP contribution in [0.15, 0.2) is 17.1 Å². The number of fused-ring (bicyclic) bond motifs is 1. The lowest BCUT2D eigenvalue weighted by Gasteiger charge is -2.28. The molecular formula is C22H35NO3. The molecule has 0 saturated carbocycles. The van der Waals surface area contributed by atoms with E-state index in [2.05, 4.69) is 31.8 Å². The molecule has 0 amide bonds. The highest BCUT2D eigenvalue weighted by molar-refractivity contribution is 6.06. The van der Waals surface area contributed by atoms with Crippen LogP contribution in [-0.4, -0.2) is 34.7 Å². The summed E-state index contributed by atoms with van der Waals surface area (Å²) in [6, 6.07) is 3.95. The Balaban J connectivity index is 2.27. The van der Waals surface area contributed by atoms with Gasteiger partial charge < -0.3 is 14.9 Å². The Bertz CT molecular complexity index is 624. The van der Waals surface area contributed by atoms with E-state index in [4.69, 9.17) is 4.74 Å². The largest absolute Gasteiger partial charge is 0.507 e. The molecule has 1 aliphatic rings. The first-order valence-electron chi connectivity index (χ1n) is 10.1. The number of unbranched alkanes of at least 4 members (excludes halogenated alkanes) is 2. The van der Waals surface area contributed by atoms with E-state index in [1.165, 1.54) is 25.7 Å². The van der Waals surface area contributed by atoms with Gasteiger partial charge in [0.15, 0.2) is 0 Å². The fourth-order valence-corrected chi connectivity index (χ4v) is 3.58. The number of aromatic hydroxyl groups is 1. The van der Waals surface area contributed by atoms with E-state index in [9.17, 15) is 10.2 Å². The minimum Gasteiger partial charge on any atom is -0.507 e. The molecule has 1 aliphatic heterocycles. The van der Waals surface area contributed by atoms with Crippen molar-refractivity contribution in [2.24, 2.45) is 10.9 Å². The zero-order valence-corrected chi connectivity index (χ0v) is 17.0. The second-order valence-electron chi connectivity index (χ2n) is 7.94. The van der Waals surface area contributed by atoms with Crippen molar-refractivity contribution in [1.29, 1.82) is 0 Å². The molecule has 1 aromatic carbocycles. The molecule has 4 nitrogen and oxygen atoms in total. The van der Waals surface area contributed by atoms with Crippen LogP contribution in [0.3, 0.4) is 0 Å². The Hall–Kier alpha value is -1.55. The number of phenols is 1. The zero-order valence-electron chi connectivity index (χ0n) is 17.0. The maximum absolute atomic E-state index is 10.7. The number of nitrogens with zero attached hydrogens (tertiary/aromatic N) is 1. The predicted octanol–water partition coefficient (Wildman–Crippen LogP) is 5.05. The lowest BCUT2D eigenvalue weighted by Crippen LogP contribution is -2.26. The van der Waals surface area contributed by atoms with Gasteiger partial charge in [0.2, 0.25) is 0 Å². The lowest BCUT2D eigenvalue weighted by atomic mass is 9.84. The second-order valence-corrected chi connectivity index (χ2v) is 7.94. The minimum atomic E-state index is -0.491. The molecule has 0 saturated heterocycles. The number of aliphatic hydroxyl groups is 1. The van der Waals surface area contributed by atoms with E-state index in [1.807, 2.05) is 13.0 Å². The summed E-state index contributed by atoms with van der Waals surface area (Å²) >= 11 is 0. The van der Waals surface area contributed by atoms with Gasteiger partial charge in [0, 0.05) is 6.42 Å². The average Bonchev–Trinajstić information content (AvgIpc) is 2.58. The average molecular weight is 362 g/mol. The first-order valence-corrected chi connectivity index (χ1v) is 10.1. The number of phenolic OH excluding ortho intramolecular Hbond substituents is 1. The highest BCUT2D eigenvalue weighted by Crippen LogP contribution is 2.40. The highest BCUT2D eigenvalue weighted by atomic mass is 16.5. The van der Waals surface area contributed by atoms with Gasteiger partial charge >= 0.3 is 0 Å². The van der Waals surface area contributed by atoms with Crippen LogP contribution in [0.5, 0.6) is 11.5 Å². The van der Waals surface area contributed by atoms with Crippen molar-refractivity contribution in [3.05, 3.63) is 23.3 Å². The summed E-state index contributed by atoms with van der Waals surface area (Å²) in [5.74, 6) is 1.88. The van der Waals surface area contributed by atoms with Gasteiger partial charge in [-0.15, -0.1) is 0 Å². The summed E-state index contributed by atoms with van der Waals surface area (Å²) in [6.07, 6.45) is 5.14. The second kappa shape index (κ2) is 9.40. The smallest absolute Gasteiger partial charge is 0.132 e. The molecule has 146 valence electrons. The summed E-state index contributed by atoms with van der Waals surface area (Å²) in [5.41, 5.74) is 2.64. The van der Waals surface area contributed by atoms with E-state index in [0.717, 1.165) is 17.0 Å². The van der Waals surface area contributed by atoms with Crippen molar-refractivity contribution in [3.63, 3.8) is 0 Å². The molecule has 26 heavy (non-hydrogen) atoms. The van der Waals surface area contributed by atoms with Gasteiger partial charge in [0.1, 0.15) is 17.6 Å². The number of hydrogen-bond acceptors (Lipinski definition) is 4. The van der Waals surface area contributed by atoms with Gasteiger partial charge in [0.25, 0.3) is 0 Å².